The van der Waals surface area contributed by atoms with E-state index in [1.54, 1.807) is 10.8 Å². The Morgan fingerprint density at radius 1 is 1.33 bits per heavy atom. The van der Waals surface area contributed by atoms with Crippen molar-refractivity contribution in [3.8, 4) is 0 Å². The number of carbonyl (C=O) groups is 1. The second-order valence-corrected chi connectivity index (χ2v) is 5.46. The molecule has 21 heavy (non-hydrogen) atoms. The number of nitrogens with zero attached hydrogens (tertiary/aromatic N) is 2. The van der Waals surface area contributed by atoms with Crippen LogP contribution in [0.5, 0.6) is 0 Å². The first kappa shape index (κ1) is 15.1. The Morgan fingerprint density at radius 3 is 2.67 bits per heavy atom. The van der Waals surface area contributed by atoms with Gasteiger partial charge in [-0.15, -0.1) is 0 Å². The van der Waals surface area contributed by atoms with Gasteiger partial charge in [0.1, 0.15) is 0 Å². The zero-order valence-electron chi connectivity index (χ0n) is 12.5. The topological polar surface area (TPSA) is 62.5 Å². The number of benzene rings is 1. The van der Waals surface area contributed by atoms with Crippen LogP contribution in [0.25, 0.3) is 10.8 Å². The molecule has 0 aliphatic rings. The van der Waals surface area contributed by atoms with Gasteiger partial charge in [0.25, 0.3) is 5.56 Å². The van der Waals surface area contributed by atoms with Crippen LogP contribution in [0.2, 0.25) is 0 Å². The molecule has 0 aliphatic carbocycles. The van der Waals surface area contributed by atoms with Gasteiger partial charge in [0.2, 0.25) is 0 Å². The zero-order chi connectivity index (χ0) is 15.6. The van der Waals surface area contributed by atoms with Crippen LogP contribution in [0.15, 0.2) is 35.3 Å². The van der Waals surface area contributed by atoms with Crippen molar-refractivity contribution in [2.75, 3.05) is 18.5 Å². The molecule has 0 spiro atoms. The highest BCUT2D eigenvalue weighted by molar-refractivity contribution is 5.85. The maximum atomic E-state index is 12.3. The van der Waals surface area contributed by atoms with Crippen molar-refractivity contribution < 1.29 is 9.90 Å². The molecule has 0 saturated heterocycles. The molecule has 2 rings (SSSR count). The maximum Gasteiger partial charge on any atom is 0.305 e. The molecule has 5 heteroatoms. The van der Waals surface area contributed by atoms with Gasteiger partial charge in [0.15, 0.2) is 0 Å². The molecule has 2 aromatic rings. The summed E-state index contributed by atoms with van der Waals surface area (Å²) in [7, 11) is 1.85. The minimum absolute atomic E-state index is 0.00207. The fraction of sp³-hybridized carbons (Fsp3) is 0.375. The molecule has 0 fully saturated rings. The van der Waals surface area contributed by atoms with Gasteiger partial charge in [-0.25, -0.2) is 0 Å². The third-order valence-corrected chi connectivity index (χ3v) is 3.57. The standard InChI is InChI=1S/C16H20N2O3/c1-11(2)18-9-6-12-10-13(4-5-14(12)16(18)21)17(3)8-7-15(19)20/h4-6,9-11H,7-8H2,1-3H3,(H,19,20). The first-order chi connectivity index (χ1) is 9.90. The van der Waals surface area contributed by atoms with Crippen LogP contribution in [0.3, 0.4) is 0 Å². The van der Waals surface area contributed by atoms with Gasteiger partial charge in [0.05, 0.1) is 6.42 Å². The molecule has 0 aliphatic heterocycles. The highest BCUT2D eigenvalue weighted by Crippen LogP contribution is 2.20. The van der Waals surface area contributed by atoms with Crippen LogP contribution in [-0.2, 0) is 4.79 Å². The Hall–Kier alpha value is -2.30. The number of aromatic nitrogens is 1. The van der Waals surface area contributed by atoms with Gasteiger partial charge >= 0.3 is 5.97 Å². The lowest BCUT2D eigenvalue weighted by molar-refractivity contribution is -0.136. The van der Waals surface area contributed by atoms with E-state index in [0.717, 1.165) is 11.1 Å². The minimum Gasteiger partial charge on any atom is -0.481 e. The first-order valence-corrected chi connectivity index (χ1v) is 6.98. The average Bonchev–Trinajstić information content (AvgIpc) is 2.44. The Kier molecular flexibility index (Phi) is 4.31. The van der Waals surface area contributed by atoms with E-state index >= 15 is 0 Å². The molecular weight excluding hydrogens is 268 g/mol. The van der Waals surface area contributed by atoms with Crippen molar-refractivity contribution >= 4 is 22.4 Å². The van der Waals surface area contributed by atoms with Crippen molar-refractivity contribution in [1.29, 1.82) is 0 Å². The lowest BCUT2D eigenvalue weighted by Crippen LogP contribution is -2.22. The molecule has 0 amide bonds. The summed E-state index contributed by atoms with van der Waals surface area (Å²) in [6, 6.07) is 7.63. The first-order valence-electron chi connectivity index (χ1n) is 6.98. The van der Waals surface area contributed by atoms with Crippen molar-refractivity contribution in [2.45, 2.75) is 26.3 Å². The van der Waals surface area contributed by atoms with Gasteiger partial charge < -0.3 is 14.6 Å². The lowest BCUT2D eigenvalue weighted by Gasteiger charge is -2.19. The van der Waals surface area contributed by atoms with E-state index in [2.05, 4.69) is 0 Å². The molecule has 0 saturated carbocycles. The smallest absolute Gasteiger partial charge is 0.305 e. The van der Waals surface area contributed by atoms with E-state index in [4.69, 9.17) is 5.11 Å². The Morgan fingerprint density at radius 2 is 2.05 bits per heavy atom. The van der Waals surface area contributed by atoms with Crippen LogP contribution >= 0.6 is 0 Å². The summed E-state index contributed by atoms with van der Waals surface area (Å²) in [5.41, 5.74) is 0.910. The number of anilines is 1. The fourth-order valence-corrected chi connectivity index (χ4v) is 2.29. The van der Waals surface area contributed by atoms with Crippen molar-refractivity contribution in [2.24, 2.45) is 0 Å². The zero-order valence-corrected chi connectivity index (χ0v) is 12.5. The summed E-state index contributed by atoms with van der Waals surface area (Å²) in [6.45, 7) is 4.38. The summed E-state index contributed by atoms with van der Waals surface area (Å²) in [4.78, 5) is 24.8. The lowest BCUT2D eigenvalue weighted by atomic mass is 10.1. The SMILES string of the molecule is CC(C)n1ccc2cc(N(C)CCC(=O)O)ccc2c1=O. The van der Waals surface area contributed by atoms with Gasteiger partial charge in [-0.05, 0) is 43.5 Å². The molecule has 1 N–H and O–H groups in total. The molecule has 0 unspecified atom stereocenters. The Bertz CT molecular complexity index is 719. The maximum absolute atomic E-state index is 12.3. The molecule has 0 radical (unpaired) electrons. The summed E-state index contributed by atoms with van der Waals surface area (Å²) >= 11 is 0. The number of aliphatic carboxylic acids is 1. The van der Waals surface area contributed by atoms with E-state index in [0.29, 0.717) is 11.9 Å². The van der Waals surface area contributed by atoms with E-state index in [1.165, 1.54) is 0 Å². The molecule has 112 valence electrons. The van der Waals surface area contributed by atoms with E-state index < -0.39 is 5.97 Å². The van der Waals surface area contributed by atoms with Crippen LogP contribution in [0, 0.1) is 0 Å². The molecular formula is C16H20N2O3. The van der Waals surface area contributed by atoms with Gasteiger partial charge in [-0.2, -0.15) is 0 Å². The summed E-state index contributed by atoms with van der Waals surface area (Å²) in [5.74, 6) is -0.817. The highest BCUT2D eigenvalue weighted by atomic mass is 16.4. The third kappa shape index (κ3) is 3.24. The van der Waals surface area contributed by atoms with E-state index in [1.807, 2.05) is 50.1 Å². The quantitative estimate of drug-likeness (QED) is 0.918. The van der Waals surface area contributed by atoms with Crippen LogP contribution < -0.4 is 10.5 Å². The summed E-state index contributed by atoms with van der Waals surface area (Å²) in [5, 5.41) is 10.3. The number of hydrogen-bond acceptors (Lipinski definition) is 3. The minimum atomic E-state index is -0.817. The van der Waals surface area contributed by atoms with Crippen LogP contribution in [-0.4, -0.2) is 29.2 Å². The summed E-state index contributed by atoms with van der Waals surface area (Å²) < 4.78 is 1.70. The molecule has 1 aromatic carbocycles. The number of rotatable bonds is 5. The average molecular weight is 288 g/mol. The van der Waals surface area contributed by atoms with E-state index in [-0.39, 0.29) is 18.0 Å². The number of carboxylic acids is 1. The molecule has 1 heterocycles. The van der Waals surface area contributed by atoms with Gasteiger partial charge in [-0.3, -0.25) is 9.59 Å². The van der Waals surface area contributed by atoms with Crippen molar-refractivity contribution in [1.82, 2.24) is 4.57 Å². The molecule has 1 aromatic heterocycles. The predicted molar refractivity (Wildman–Crippen MR) is 84.1 cm³/mol. The largest absolute Gasteiger partial charge is 0.481 e. The number of fused-ring (bicyclic) bond motifs is 1. The monoisotopic (exact) mass is 288 g/mol. The fourth-order valence-electron chi connectivity index (χ4n) is 2.29. The number of hydrogen-bond donors (Lipinski definition) is 1. The normalized spacial score (nSPS) is 11.0. The van der Waals surface area contributed by atoms with Gasteiger partial charge in [0, 0.05) is 36.9 Å². The second kappa shape index (κ2) is 5.99. The van der Waals surface area contributed by atoms with Gasteiger partial charge in [-0.1, -0.05) is 0 Å². The Labute approximate surface area is 123 Å². The molecule has 0 atom stereocenters. The van der Waals surface area contributed by atoms with Crippen molar-refractivity contribution in [3.63, 3.8) is 0 Å². The van der Waals surface area contributed by atoms with Crippen molar-refractivity contribution in [3.05, 3.63) is 40.8 Å². The number of pyridine rings is 1. The van der Waals surface area contributed by atoms with Crippen LogP contribution in [0.1, 0.15) is 26.3 Å². The Balaban J connectivity index is 2.37. The van der Waals surface area contributed by atoms with Crippen LogP contribution in [0.4, 0.5) is 5.69 Å². The number of carboxylic acid groups (broad SMARTS) is 1. The molecule has 0 bridgehead atoms. The predicted octanol–water partition coefficient (Wildman–Crippen LogP) is 2.49. The summed E-state index contributed by atoms with van der Waals surface area (Å²) in [6.07, 6.45) is 1.89. The second-order valence-electron chi connectivity index (χ2n) is 5.46. The van der Waals surface area contributed by atoms with E-state index in [9.17, 15) is 9.59 Å². The highest BCUT2D eigenvalue weighted by Gasteiger charge is 2.08. The molecule has 5 nitrogen and oxygen atoms in total. The third-order valence-electron chi connectivity index (χ3n) is 3.57.